The van der Waals surface area contributed by atoms with E-state index < -0.39 is 0 Å². The fourth-order valence-electron chi connectivity index (χ4n) is 3.33. The number of methoxy groups -OCH3 is 1. The first-order valence-electron chi connectivity index (χ1n) is 10.7. The molecule has 0 fully saturated rings. The van der Waals surface area contributed by atoms with E-state index in [-0.39, 0.29) is 5.91 Å². The monoisotopic (exact) mass is 537 g/mol. The van der Waals surface area contributed by atoms with E-state index in [2.05, 4.69) is 36.8 Å². The van der Waals surface area contributed by atoms with Crippen LogP contribution in [-0.2, 0) is 11.3 Å². The molecule has 0 unspecified atom stereocenters. The number of carbonyl (C=O) groups excluding carboxylic acids is 1. The van der Waals surface area contributed by atoms with Gasteiger partial charge in [0.1, 0.15) is 5.75 Å². The van der Waals surface area contributed by atoms with E-state index in [0.29, 0.717) is 18.7 Å². The summed E-state index contributed by atoms with van der Waals surface area (Å²) in [4.78, 5) is 12.4. The van der Waals surface area contributed by atoms with Gasteiger partial charge in [-0.05, 0) is 42.5 Å². The number of rotatable bonds is 10. The Bertz CT molecular complexity index is 1250. The Morgan fingerprint density at radius 3 is 2.62 bits per heavy atom. The number of ether oxygens (including phenoxy) is 1. The van der Waals surface area contributed by atoms with Gasteiger partial charge in [-0.1, -0.05) is 64.1 Å². The first-order valence-corrected chi connectivity index (χ1v) is 12.5. The Kier molecular flexibility index (Phi) is 8.21. The molecule has 7 nitrogen and oxygen atoms in total. The third kappa shape index (κ3) is 6.18. The van der Waals surface area contributed by atoms with Crippen molar-refractivity contribution in [1.29, 1.82) is 0 Å². The summed E-state index contributed by atoms with van der Waals surface area (Å²) in [6.07, 6.45) is 0.355. The lowest BCUT2D eigenvalue weighted by atomic mass is 10.3. The molecule has 0 aliphatic heterocycles. The van der Waals surface area contributed by atoms with Gasteiger partial charge in [-0.25, -0.2) is 0 Å². The van der Waals surface area contributed by atoms with Crippen molar-refractivity contribution < 1.29 is 9.53 Å². The van der Waals surface area contributed by atoms with E-state index in [9.17, 15) is 4.79 Å². The molecule has 1 heterocycles. The van der Waals surface area contributed by atoms with E-state index in [4.69, 9.17) is 4.74 Å². The first kappa shape index (κ1) is 23.8. The number of halogens is 1. The van der Waals surface area contributed by atoms with Crippen LogP contribution in [0.15, 0.2) is 88.5 Å². The normalized spacial score (nSPS) is 10.6. The van der Waals surface area contributed by atoms with Crippen LogP contribution in [0.3, 0.4) is 0 Å². The highest BCUT2D eigenvalue weighted by molar-refractivity contribution is 9.10. The van der Waals surface area contributed by atoms with E-state index >= 15 is 0 Å². The number of para-hydroxylation sites is 3. The number of aromatic nitrogens is 3. The summed E-state index contributed by atoms with van der Waals surface area (Å²) >= 11 is 4.92. The highest BCUT2D eigenvalue weighted by Crippen LogP contribution is 2.26. The molecule has 3 aromatic carbocycles. The molecular formula is C25H24BrN5O2S. The molecule has 1 amide bonds. The van der Waals surface area contributed by atoms with Gasteiger partial charge in [0, 0.05) is 28.0 Å². The number of hydrogen-bond donors (Lipinski definition) is 2. The van der Waals surface area contributed by atoms with E-state index in [1.165, 1.54) is 11.8 Å². The Balaban J connectivity index is 1.44. The van der Waals surface area contributed by atoms with Gasteiger partial charge in [0.05, 0.1) is 19.3 Å². The van der Waals surface area contributed by atoms with Crippen LogP contribution in [0.1, 0.15) is 12.2 Å². The standard InChI is InChI=1S/C25H24BrN5O2S/c1-33-22-13-6-5-12-21(22)27-17-23-29-30-25(31(23)20-10-3-2-4-11-20)34-15-14-24(32)28-19-9-7-8-18(26)16-19/h2-13,16,27H,14-15,17H2,1H3,(H,28,32). The Morgan fingerprint density at radius 1 is 1.03 bits per heavy atom. The van der Waals surface area contributed by atoms with Crippen LogP contribution in [0.4, 0.5) is 11.4 Å². The van der Waals surface area contributed by atoms with Crippen molar-refractivity contribution in [2.24, 2.45) is 0 Å². The van der Waals surface area contributed by atoms with Gasteiger partial charge in [-0.3, -0.25) is 9.36 Å². The van der Waals surface area contributed by atoms with E-state index in [1.54, 1.807) is 7.11 Å². The fraction of sp³-hybridized carbons (Fsp3) is 0.160. The van der Waals surface area contributed by atoms with Crippen molar-refractivity contribution in [3.05, 3.63) is 89.2 Å². The van der Waals surface area contributed by atoms with Gasteiger partial charge in [-0.2, -0.15) is 0 Å². The van der Waals surface area contributed by atoms with E-state index in [0.717, 1.165) is 38.3 Å². The molecule has 0 spiro atoms. The second-order valence-electron chi connectivity index (χ2n) is 7.28. The number of hydrogen-bond acceptors (Lipinski definition) is 6. The number of anilines is 2. The molecule has 4 rings (SSSR count). The molecule has 0 saturated heterocycles. The SMILES string of the molecule is COc1ccccc1NCc1nnc(SCCC(=O)Nc2cccc(Br)c2)n1-c1ccccc1. The minimum absolute atomic E-state index is 0.0468. The van der Waals surface area contributed by atoms with Crippen molar-refractivity contribution in [3.8, 4) is 11.4 Å². The van der Waals surface area contributed by atoms with Crippen LogP contribution >= 0.6 is 27.7 Å². The van der Waals surface area contributed by atoms with Crippen LogP contribution in [0, 0.1) is 0 Å². The zero-order valence-corrected chi connectivity index (χ0v) is 21.0. The smallest absolute Gasteiger partial charge is 0.225 e. The van der Waals surface area contributed by atoms with Gasteiger partial charge in [-0.15, -0.1) is 10.2 Å². The summed E-state index contributed by atoms with van der Waals surface area (Å²) < 4.78 is 8.36. The van der Waals surface area contributed by atoms with Crippen molar-refractivity contribution in [2.75, 3.05) is 23.5 Å². The highest BCUT2D eigenvalue weighted by atomic mass is 79.9. The molecule has 0 aliphatic rings. The van der Waals surface area contributed by atoms with Crippen LogP contribution in [0.5, 0.6) is 5.75 Å². The Labute approximate surface area is 211 Å². The molecule has 174 valence electrons. The molecule has 1 aromatic heterocycles. The van der Waals surface area contributed by atoms with E-state index in [1.807, 2.05) is 83.4 Å². The zero-order valence-electron chi connectivity index (χ0n) is 18.6. The van der Waals surface area contributed by atoms with Crippen LogP contribution in [0.25, 0.3) is 5.69 Å². The largest absolute Gasteiger partial charge is 0.495 e. The average molecular weight is 538 g/mol. The predicted octanol–water partition coefficient (Wildman–Crippen LogP) is 5.77. The molecule has 0 bridgehead atoms. The highest BCUT2D eigenvalue weighted by Gasteiger charge is 2.15. The summed E-state index contributed by atoms with van der Waals surface area (Å²) in [6.45, 7) is 0.464. The lowest BCUT2D eigenvalue weighted by molar-refractivity contribution is -0.115. The zero-order chi connectivity index (χ0) is 23.8. The lowest BCUT2D eigenvalue weighted by Crippen LogP contribution is -2.12. The molecular weight excluding hydrogens is 514 g/mol. The van der Waals surface area contributed by atoms with Gasteiger partial charge >= 0.3 is 0 Å². The summed E-state index contributed by atoms with van der Waals surface area (Å²) in [7, 11) is 1.65. The van der Waals surface area contributed by atoms with Crippen LogP contribution in [-0.4, -0.2) is 33.5 Å². The summed E-state index contributed by atoms with van der Waals surface area (Å²) in [5.74, 6) is 2.05. The van der Waals surface area contributed by atoms with Gasteiger partial charge in [0.25, 0.3) is 0 Å². The third-order valence-corrected chi connectivity index (χ3v) is 6.35. The van der Waals surface area contributed by atoms with Gasteiger partial charge in [0.2, 0.25) is 5.91 Å². The molecule has 34 heavy (non-hydrogen) atoms. The van der Waals surface area contributed by atoms with Crippen molar-refractivity contribution in [3.63, 3.8) is 0 Å². The van der Waals surface area contributed by atoms with Gasteiger partial charge < -0.3 is 15.4 Å². The van der Waals surface area contributed by atoms with Crippen LogP contribution in [0.2, 0.25) is 0 Å². The molecule has 4 aromatic rings. The second kappa shape index (κ2) is 11.7. The number of carbonyl (C=O) groups is 1. The van der Waals surface area contributed by atoms with Crippen molar-refractivity contribution >= 4 is 45.0 Å². The maximum absolute atomic E-state index is 12.4. The molecule has 2 N–H and O–H groups in total. The molecule has 0 radical (unpaired) electrons. The number of thioether (sulfide) groups is 1. The Hall–Kier alpha value is -3.30. The number of nitrogens with zero attached hydrogens (tertiary/aromatic N) is 3. The maximum Gasteiger partial charge on any atom is 0.225 e. The molecule has 0 aliphatic carbocycles. The third-order valence-electron chi connectivity index (χ3n) is 4.93. The summed E-state index contributed by atoms with van der Waals surface area (Å²) in [6, 6.07) is 25.2. The molecule has 0 atom stereocenters. The predicted molar refractivity (Wildman–Crippen MR) is 140 cm³/mol. The second-order valence-corrected chi connectivity index (χ2v) is 9.26. The topological polar surface area (TPSA) is 81.1 Å². The summed E-state index contributed by atoms with van der Waals surface area (Å²) in [5.41, 5.74) is 2.61. The molecule has 0 saturated carbocycles. The summed E-state index contributed by atoms with van der Waals surface area (Å²) in [5, 5.41) is 15.9. The molecule has 9 heteroatoms. The Morgan fingerprint density at radius 2 is 1.82 bits per heavy atom. The first-order chi connectivity index (χ1) is 16.6. The quantitative estimate of drug-likeness (QED) is 0.250. The number of benzene rings is 3. The minimum atomic E-state index is -0.0468. The lowest BCUT2D eigenvalue weighted by Gasteiger charge is -2.13. The van der Waals surface area contributed by atoms with Crippen molar-refractivity contribution in [2.45, 2.75) is 18.1 Å². The van der Waals surface area contributed by atoms with Crippen molar-refractivity contribution in [1.82, 2.24) is 14.8 Å². The fourth-order valence-corrected chi connectivity index (χ4v) is 4.64. The minimum Gasteiger partial charge on any atom is -0.495 e. The average Bonchev–Trinajstić information content (AvgIpc) is 3.26. The van der Waals surface area contributed by atoms with Crippen LogP contribution < -0.4 is 15.4 Å². The number of amides is 1. The maximum atomic E-state index is 12.4. The van der Waals surface area contributed by atoms with Gasteiger partial charge in [0.15, 0.2) is 11.0 Å². The number of nitrogens with one attached hydrogen (secondary N) is 2.